The van der Waals surface area contributed by atoms with Gasteiger partial charge in [-0.25, -0.2) is 4.68 Å². The number of rotatable bonds is 5. The molecular formula is C20H18ClF3N4O4. The molecule has 2 atom stereocenters. The SMILES string of the molecule is COc1ccc(NC(=O)c2nn3c(c2Cl)N[C@H](c2ccco2)C[C@@H]3C(F)(F)F)cc1OC. The summed E-state index contributed by atoms with van der Waals surface area (Å²) in [5.74, 6) is 0.238. The fourth-order valence-corrected chi connectivity index (χ4v) is 3.78. The van der Waals surface area contributed by atoms with Crippen molar-refractivity contribution in [1.29, 1.82) is 0 Å². The Hall–Kier alpha value is -3.34. The van der Waals surface area contributed by atoms with Gasteiger partial charge in [-0.1, -0.05) is 11.6 Å². The topological polar surface area (TPSA) is 90.5 Å². The van der Waals surface area contributed by atoms with Crippen LogP contribution in [0.1, 0.15) is 34.8 Å². The van der Waals surface area contributed by atoms with Gasteiger partial charge in [-0.3, -0.25) is 4.79 Å². The Labute approximate surface area is 185 Å². The Kier molecular flexibility index (Phi) is 5.68. The summed E-state index contributed by atoms with van der Waals surface area (Å²) >= 11 is 6.30. The Morgan fingerprint density at radius 1 is 1.28 bits per heavy atom. The number of benzene rings is 1. The van der Waals surface area contributed by atoms with Gasteiger partial charge in [0.1, 0.15) is 16.6 Å². The quantitative estimate of drug-likeness (QED) is 0.541. The molecule has 0 aliphatic carbocycles. The van der Waals surface area contributed by atoms with Gasteiger partial charge in [0.25, 0.3) is 5.91 Å². The van der Waals surface area contributed by atoms with Crippen LogP contribution in [0.25, 0.3) is 0 Å². The van der Waals surface area contributed by atoms with Gasteiger partial charge < -0.3 is 24.5 Å². The molecule has 0 saturated heterocycles. The van der Waals surface area contributed by atoms with Crippen LogP contribution in [0.5, 0.6) is 11.5 Å². The molecule has 0 bridgehead atoms. The number of ether oxygens (including phenoxy) is 2. The van der Waals surface area contributed by atoms with Crippen molar-refractivity contribution in [3.63, 3.8) is 0 Å². The van der Waals surface area contributed by atoms with E-state index in [0.717, 1.165) is 0 Å². The summed E-state index contributed by atoms with van der Waals surface area (Å²) in [7, 11) is 2.90. The molecule has 0 unspecified atom stereocenters. The van der Waals surface area contributed by atoms with Crippen LogP contribution in [0.4, 0.5) is 24.7 Å². The molecule has 170 valence electrons. The summed E-state index contributed by atoms with van der Waals surface area (Å²) in [6.07, 6.45) is -3.62. The first kappa shape index (κ1) is 21.9. The fraction of sp³-hybridized carbons (Fsp3) is 0.300. The Morgan fingerprint density at radius 3 is 2.66 bits per heavy atom. The van der Waals surface area contributed by atoms with E-state index in [2.05, 4.69) is 15.7 Å². The van der Waals surface area contributed by atoms with Crippen molar-refractivity contribution in [1.82, 2.24) is 9.78 Å². The van der Waals surface area contributed by atoms with Crippen molar-refractivity contribution in [3.05, 3.63) is 53.1 Å². The van der Waals surface area contributed by atoms with Crippen LogP contribution < -0.4 is 20.1 Å². The second-order valence-corrected chi connectivity index (χ2v) is 7.36. The van der Waals surface area contributed by atoms with Crippen molar-refractivity contribution < 1.29 is 31.9 Å². The molecule has 8 nitrogen and oxygen atoms in total. The molecule has 0 radical (unpaired) electrons. The predicted octanol–water partition coefficient (Wildman–Crippen LogP) is 5.06. The van der Waals surface area contributed by atoms with E-state index in [1.165, 1.54) is 26.5 Å². The molecule has 1 aliphatic heterocycles. The second-order valence-electron chi connectivity index (χ2n) is 6.99. The maximum atomic E-state index is 13.8. The molecule has 1 amide bonds. The maximum absolute atomic E-state index is 13.8. The van der Waals surface area contributed by atoms with Crippen LogP contribution in [-0.2, 0) is 0 Å². The number of methoxy groups -OCH3 is 2. The lowest BCUT2D eigenvalue weighted by Gasteiger charge is -2.32. The Balaban J connectivity index is 1.67. The number of furan rings is 1. The second kappa shape index (κ2) is 8.30. The van der Waals surface area contributed by atoms with Crippen molar-refractivity contribution >= 4 is 29.0 Å². The van der Waals surface area contributed by atoms with E-state index < -0.39 is 24.2 Å². The van der Waals surface area contributed by atoms with E-state index in [-0.39, 0.29) is 23.0 Å². The highest BCUT2D eigenvalue weighted by Gasteiger charge is 2.48. The van der Waals surface area contributed by atoms with Crippen molar-refractivity contribution in [2.24, 2.45) is 0 Å². The summed E-state index contributed by atoms with van der Waals surface area (Å²) in [4.78, 5) is 12.8. The molecule has 0 spiro atoms. The van der Waals surface area contributed by atoms with Crippen LogP contribution in [0.15, 0.2) is 41.0 Å². The summed E-state index contributed by atoms with van der Waals surface area (Å²) < 4.78 is 57.7. The monoisotopic (exact) mass is 470 g/mol. The molecule has 2 aromatic heterocycles. The lowest BCUT2D eigenvalue weighted by molar-refractivity contribution is -0.174. The number of carbonyl (C=O) groups excluding carboxylic acids is 1. The molecular weight excluding hydrogens is 453 g/mol. The molecule has 1 aliphatic rings. The average Bonchev–Trinajstić information content (AvgIpc) is 3.41. The minimum atomic E-state index is -4.62. The number of carbonyl (C=O) groups is 1. The normalized spacial score (nSPS) is 17.9. The van der Waals surface area contributed by atoms with E-state index in [4.69, 9.17) is 25.5 Å². The number of nitrogens with one attached hydrogen (secondary N) is 2. The summed E-state index contributed by atoms with van der Waals surface area (Å²) in [5.41, 5.74) is -0.0261. The molecule has 0 saturated carbocycles. The third kappa shape index (κ3) is 3.95. The smallest absolute Gasteiger partial charge is 0.410 e. The number of nitrogens with zero attached hydrogens (tertiary/aromatic N) is 2. The third-order valence-corrected chi connectivity index (χ3v) is 5.40. The highest BCUT2D eigenvalue weighted by Crippen LogP contribution is 2.46. The van der Waals surface area contributed by atoms with E-state index >= 15 is 0 Å². The fourth-order valence-electron chi connectivity index (χ4n) is 3.51. The lowest BCUT2D eigenvalue weighted by atomic mass is 10.0. The third-order valence-electron chi connectivity index (χ3n) is 5.04. The van der Waals surface area contributed by atoms with Gasteiger partial charge in [-0.15, -0.1) is 0 Å². The number of halogens is 4. The first-order valence-corrected chi connectivity index (χ1v) is 9.78. The van der Waals surface area contributed by atoms with Crippen LogP contribution in [0, 0.1) is 0 Å². The standard InChI is InChI=1S/C20H18ClF3N4O4/c1-30-13-6-5-10(8-14(13)31-2)25-19(29)17-16(21)18-26-11(12-4-3-7-32-12)9-15(20(22,23)24)28(18)27-17/h3-8,11,15,26H,9H2,1-2H3,(H,25,29)/t11-,15+/m0/s1. The van der Waals surface area contributed by atoms with Crippen molar-refractivity contribution in [2.45, 2.75) is 24.7 Å². The summed E-state index contributed by atoms with van der Waals surface area (Å²) in [5, 5.41) is 9.13. The van der Waals surface area contributed by atoms with Gasteiger partial charge in [0.2, 0.25) is 0 Å². The van der Waals surface area contributed by atoms with Gasteiger partial charge in [-0.2, -0.15) is 18.3 Å². The zero-order valence-corrected chi connectivity index (χ0v) is 17.6. The zero-order chi connectivity index (χ0) is 23.0. The van der Waals surface area contributed by atoms with E-state index in [1.54, 1.807) is 24.3 Å². The van der Waals surface area contributed by atoms with E-state index in [0.29, 0.717) is 27.6 Å². The number of alkyl halides is 3. The molecule has 1 aromatic carbocycles. The minimum Gasteiger partial charge on any atom is -0.493 e. The lowest BCUT2D eigenvalue weighted by Crippen LogP contribution is -2.35. The number of amides is 1. The van der Waals surface area contributed by atoms with Gasteiger partial charge in [-0.05, 0) is 24.3 Å². The number of fused-ring (bicyclic) bond motifs is 1. The van der Waals surface area contributed by atoms with Gasteiger partial charge in [0, 0.05) is 18.2 Å². The Morgan fingerprint density at radius 2 is 2.03 bits per heavy atom. The zero-order valence-electron chi connectivity index (χ0n) is 16.9. The first-order valence-electron chi connectivity index (χ1n) is 9.41. The average molecular weight is 471 g/mol. The summed E-state index contributed by atoms with van der Waals surface area (Å²) in [6, 6.07) is 4.99. The molecule has 2 N–H and O–H groups in total. The number of anilines is 2. The van der Waals surface area contributed by atoms with E-state index in [1.807, 2.05) is 0 Å². The molecule has 3 heterocycles. The molecule has 32 heavy (non-hydrogen) atoms. The van der Waals surface area contributed by atoms with Gasteiger partial charge >= 0.3 is 6.18 Å². The number of hydrogen-bond donors (Lipinski definition) is 2. The first-order chi connectivity index (χ1) is 15.2. The molecule has 3 aromatic rings. The number of hydrogen-bond acceptors (Lipinski definition) is 6. The molecule has 4 rings (SSSR count). The number of aromatic nitrogens is 2. The van der Waals surface area contributed by atoms with Gasteiger partial charge in [0.15, 0.2) is 23.2 Å². The van der Waals surface area contributed by atoms with E-state index in [9.17, 15) is 18.0 Å². The molecule has 0 fully saturated rings. The highest BCUT2D eigenvalue weighted by molar-refractivity contribution is 6.36. The summed E-state index contributed by atoms with van der Waals surface area (Å²) in [6.45, 7) is 0. The van der Waals surface area contributed by atoms with Crippen LogP contribution in [0.3, 0.4) is 0 Å². The maximum Gasteiger partial charge on any atom is 0.410 e. The van der Waals surface area contributed by atoms with Crippen molar-refractivity contribution in [3.8, 4) is 11.5 Å². The highest BCUT2D eigenvalue weighted by atomic mass is 35.5. The van der Waals surface area contributed by atoms with Crippen LogP contribution >= 0.6 is 11.6 Å². The largest absolute Gasteiger partial charge is 0.493 e. The Bertz CT molecular complexity index is 1130. The molecule has 12 heteroatoms. The van der Waals surface area contributed by atoms with Gasteiger partial charge in [0.05, 0.1) is 26.5 Å². The minimum absolute atomic E-state index is 0.112. The van der Waals surface area contributed by atoms with Crippen molar-refractivity contribution in [2.75, 3.05) is 24.9 Å². The predicted molar refractivity (Wildman–Crippen MR) is 110 cm³/mol. The van der Waals surface area contributed by atoms with Crippen LogP contribution in [-0.4, -0.2) is 36.1 Å². The van der Waals surface area contributed by atoms with Crippen LogP contribution in [0.2, 0.25) is 5.02 Å².